The second kappa shape index (κ2) is 9.01. The number of carbonyl (C=O) groups is 1. The summed E-state index contributed by atoms with van der Waals surface area (Å²) in [5, 5.41) is 6.35. The molecule has 1 aromatic rings. The van der Waals surface area contributed by atoms with E-state index in [4.69, 9.17) is 16.3 Å². The maximum absolute atomic E-state index is 11.8. The molecule has 4 nitrogen and oxygen atoms in total. The van der Waals surface area contributed by atoms with E-state index in [9.17, 15) is 4.79 Å². The Morgan fingerprint density at radius 3 is 2.82 bits per heavy atom. The number of hydrogen-bond acceptors (Lipinski definition) is 2. The third-order valence-corrected chi connectivity index (χ3v) is 4.18. The highest BCUT2D eigenvalue weighted by Gasteiger charge is 2.13. The molecule has 0 heterocycles. The normalized spacial score (nSPS) is 15.5. The summed E-state index contributed by atoms with van der Waals surface area (Å²) in [6.45, 7) is 3.25. The summed E-state index contributed by atoms with van der Waals surface area (Å²) in [7, 11) is 0. The van der Waals surface area contributed by atoms with Gasteiger partial charge in [-0.05, 0) is 49.9 Å². The number of carbonyl (C=O) groups excluding carboxylic acids is 1. The van der Waals surface area contributed by atoms with Crippen molar-refractivity contribution < 1.29 is 9.53 Å². The number of nitrogens with one attached hydrogen (secondary N) is 2. The lowest BCUT2D eigenvalue weighted by atomic mass is 9.98. The van der Waals surface area contributed by atoms with Crippen LogP contribution in [0.1, 0.15) is 44.1 Å². The lowest BCUT2D eigenvalue weighted by molar-refractivity contribution is 0.0276. The van der Waals surface area contributed by atoms with Crippen LogP contribution in [0.2, 0.25) is 5.02 Å². The predicted molar refractivity (Wildman–Crippen MR) is 90.7 cm³/mol. The lowest BCUT2D eigenvalue weighted by Crippen LogP contribution is -2.30. The predicted octanol–water partition coefficient (Wildman–Crippen LogP) is 4.51. The van der Waals surface area contributed by atoms with Gasteiger partial charge in [0.25, 0.3) is 0 Å². The van der Waals surface area contributed by atoms with E-state index in [-0.39, 0.29) is 6.03 Å². The van der Waals surface area contributed by atoms with E-state index in [2.05, 4.69) is 10.6 Å². The van der Waals surface area contributed by atoms with Crippen molar-refractivity contribution in [2.24, 2.45) is 0 Å². The van der Waals surface area contributed by atoms with Crippen LogP contribution in [0.5, 0.6) is 0 Å². The molecule has 2 amide bonds. The monoisotopic (exact) mass is 324 g/mol. The molecule has 0 saturated heterocycles. The van der Waals surface area contributed by atoms with E-state index >= 15 is 0 Å². The topological polar surface area (TPSA) is 50.4 Å². The second-order valence-electron chi connectivity index (χ2n) is 5.82. The zero-order valence-electron chi connectivity index (χ0n) is 13.2. The SMILES string of the molecule is Cc1cc(Cl)ccc1NC(=O)NCCCOC1CCCCC1. The Hall–Kier alpha value is -1.26. The molecule has 2 N–H and O–H groups in total. The van der Waals surface area contributed by atoms with Crippen LogP contribution in [0.3, 0.4) is 0 Å². The van der Waals surface area contributed by atoms with Crippen molar-refractivity contribution in [3.8, 4) is 0 Å². The Balaban J connectivity index is 1.59. The van der Waals surface area contributed by atoms with Crippen molar-refractivity contribution >= 4 is 23.3 Å². The summed E-state index contributed by atoms with van der Waals surface area (Å²) in [4.78, 5) is 11.8. The van der Waals surface area contributed by atoms with Crippen LogP contribution in [0.25, 0.3) is 0 Å². The molecule has 1 aromatic carbocycles. The highest BCUT2D eigenvalue weighted by atomic mass is 35.5. The largest absolute Gasteiger partial charge is 0.378 e. The van der Waals surface area contributed by atoms with Gasteiger partial charge >= 0.3 is 6.03 Å². The van der Waals surface area contributed by atoms with E-state index in [1.165, 1.54) is 32.1 Å². The van der Waals surface area contributed by atoms with E-state index in [0.29, 0.717) is 24.3 Å². The molecule has 1 fully saturated rings. The average Bonchev–Trinajstić information content (AvgIpc) is 2.51. The molecule has 0 aliphatic heterocycles. The molecule has 0 bridgehead atoms. The molecule has 1 aliphatic carbocycles. The summed E-state index contributed by atoms with van der Waals surface area (Å²) in [5.41, 5.74) is 1.73. The van der Waals surface area contributed by atoms with Crippen LogP contribution in [0.4, 0.5) is 10.5 Å². The minimum Gasteiger partial charge on any atom is -0.378 e. The van der Waals surface area contributed by atoms with Crippen LogP contribution < -0.4 is 10.6 Å². The molecule has 0 aromatic heterocycles. The van der Waals surface area contributed by atoms with Crippen molar-refractivity contribution in [2.45, 2.75) is 51.6 Å². The Labute approximate surface area is 137 Å². The van der Waals surface area contributed by atoms with Crippen molar-refractivity contribution in [1.29, 1.82) is 0 Å². The molecule has 0 radical (unpaired) electrons. The van der Waals surface area contributed by atoms with E-state index in [1.54, 1.807) is 6.07 Å². The number of anilines is 1. The highest BCUT2D eigenvalue weighted by Crippen LogP contribution is 2.20. The van der Waals surface area contributed by atoms with Crippen molar-refractivity contribution in [3.05, 3.63) is 28.8 Å². The van der Waals surface area contributed by atoms with Gasteiger partial charge in [-0.1, -0.05) is 30.9 Å². The highest BCUT2D eigenvalue weighted by molar-refractivity contribution is 6.30. The second-order valence-corrected chi connectivity index (χ2v) is 6.26. The quantitative estimate of drug-likeness (QED) is 0.756. The molecular weight excluding hydrogens is 300 g/mol. The third-order valence-electron chi connectivity index (χ3n) is 3.95. The van der Waals surface area contributed by atoms with Gasteiger partial charge in [-0.3, -0.25) is 0 Å². The molecule has 2 rings (SSSR count). The maximum Gasteiger partial charge on any atom is 0.319 e. The number of ether oxygens (including phenoxy) is 1. The van der Waals surface area contributed by atoms with Gasteiger partial charge < -0.3 is 15.4 Å². The molecule has 1 saturated carbocycles. The van der Waals surface area contributed by atoms with E-state index in [0.717, 1.165) is 17.7 Å². The molecular formula is C17H25ClN2O2. The molecule has 122 valence electrons. The Morgan fingerprint density at radius 1 is 1.32 bits per heavy atom. The molecule has 22 heavy (non-hydrogen) atoms. The Kier molecular flexibility index (Phi) is 7.00. The van der Waals surface area contributed by atoms with Crippen LogP contribution in [-0.2, 0) is 4.74 Å². The van der Waals surface area contributed by atoms with Crippen LogP contribution in [0, 0.1) is 6.92 Å². The van der Waals surface area contributed by atoms with E-state index < -0.39 is 0 Å². The van der Waals surface area contributed by atoms with Gasteiger partial charge in [-0.25, -0.2) is 4.79 Å². The van der Waals surface area contributed by atoms with Gasteiger partial charge in [-0.2, -0.15) is 0 Å². The van der Waals surface area contributed by atoms with Crippen LogP contribution in [-0.4, -0.2) is 25.3 Å². The fraction of sp³-hybridized carbons (Fsp3) is 0.588. The number of aryl methyl sites for hydroxylation is 1. The van der Waals surface area contributed by atoms with Crippen molar-refractivity contribution in [1.82, 2.24) is 5.32 Å². The number of urea groups is 1. The van der Waals surface area contributed by atoms with Gasteiger partial charge in [-0.15, -0.1) is 0 Å². The van der Waals surface area contributed by atoms with Crippen molar-refractivity contribution in [2.75, 3.05) is 18.5 Å². The van der Waals surface area contributed by atoms with Gasteiger partial charge in [0.05, 0.1) is 6.10 Å². The first-order chi connectivity index (χ1) is 10.6. The van der Waals surface area contributed by atoms with Gasteiger partial charge in [0.15, 0.2) is 0 Å². The van der Waals surface area contributed by atoms with Crippen molar-refractivity contribution in [3.63, 3.8) is 0 Å². The number of rotatable bonds is 6. The molecule has 0 spiro atoms. The number of benzene rings is 1. The Morgan fingerprint density at radius 2 is 2.09 bits per heavy atom. The summed E-state index contributed by atoms with van der Waals surface area (Å²) in [6.07, 6.45) is 7.54. The minimum atomic E-state index is -0.192. The summed E-state index contributed by atoms with van der Waals surface area (Å²) in [6, 6.07) is 5.21. The van der Waals surface area contributed by atoms with Gasteiger partial charge in [0.1, 0.15) is 0 Å². The van der Waals surface area contributed by atoms with Crippen LogP contribution >= 0.6 is 11.6 Å². The van der Waals surface area contributed by atoms with Crippen LogP contribution in [0.15, 0.2) is 18.2 Å². The molecule has 0 atom stereocenters. The first-order valence-corrected chi connectivity index (χ1v) is 8.45. The zero-order chi connectivity index (χ0) is 15.8. The summed E-state index contributed by atoms with van der Waals surface area (Å²) in [5.74, 6) is 0. The first-order valence-electron chi connectivity index (χ1n) is 8.08. The van der Waals surface area contributed by atoms with E-state index in [1.807, 2.05) is 19.1 Å². The fourth-order valence-electron chi connectivity index (χ4n) is 2.69. The first kappa shape index (κ1) is 17.1. The van der Waals surface area contributed by atoms with Gasteiger partial charge in [0, 0.05) is 23.9 Å². The minimum absolute atomic E-state index is 0.192. The van der Waals surface area contributed by atoms with Gasteiger partial charge in [0.2, 0.25) is 0 Å². The maximum atomic E-state index is 11.8. The number of hydrogen-bond donors (Lipinski definition) is 2. The fourth-order valence-corrected chi connectivity index (χ4v) is 2.92. The molecule has 0 unspecified atom stereocenters. The standard InChI is InChI=1S/C17H25ClN2O2/c1-13-12-14(18)8-9-16(13)20-17(21)19-10-5-11-22-15-6-3-2-4-7-15/h8-9,12,15H,2-7,10-11H2,1H3,(H2,19,20,21). The summed E-state index contributed by atoms with van der Waals surface area (Å²) >= 11 is 5.89. The smallest absolute Gasteiger partial charge is 0.319 e. The Bertz CT molecular complexity index is 488. The number of halogens is 1. The molecule has 1 aliphatic rings. The zero-order valence-corrected chi connectivity index (χ0v) is 13.9. The number of amides is 2. The third kappa shape index (κ3) is 5.85. The summed E-state index contributed by atoms with van der Waals surface area (Å²) < 4.78 is 5.83. The average molecular weight is 325 g/mol. The lowest BCUT2D eigenvalue weighted by Gasteiger charge is -2.21. The molecule has 5 heteroatoms.